The third kappa shape index (κ3) is 2.21. The molecule has 1 heterocycles. The second-order valence-corrected chi connectivity index (χ2v) is 5.76. The van der Waals surface area contributed by atoms with Gasteiger partial charge >= 0.3 is 0 Å². The van der Waals surface area contributed by atoms with Crippen molar-refractivity contribution in [1.82, 2.24) is 10.2 Å². The van der Waals surface area contributed by atoms with E-state index in [2.05, 4.69) is 45.2 Å². The molecule has 0 amide bonds. The van der Waals surface area contributed by atoms with Gasteiger partial charge in [-0.15, -0.1) is 10.2 Å². The van der Waals surface area contributed by atoms with Gasteiger partial charge in [-0.2, -0.15) is 0 Å². The van der Waals surface area contributed by atoms with Crippen molar-refractivity contribution >= 4 is 15.9 Å². The predicted octanol–water partition coefficient (Wildman–Crippen LogP) is 4.47. The van der Waals surface area contributed by atoms with Crippen molar-refractivity contribution in [3.8, 4) is 11.5 Å². The summed E-state index contributed by atoms with van der Waals surface area (Å²) in [5.74, 6) is 1.89. The summed E-state index contributed by atoms with van der Waals surface area (Å²) in [5.41, 5.74) is 2.17. The Morgan fingerprint density at radius 2 is 2.00 bits per heavy atom. The highest BCUT2D eigenvalue weighted by Crippen LogP contribution is 2.35. The minimum atomic E-state index is 0.467. The first-order valence-corrected chi connectivity index (χ1v) is 7.13. The highest BCUT2D eigenvalue weighted by atomic mass is 79.9. The second-order valence-electron chi connectivity index (χ2n) is 4.91. The van der Waals surface area contributed by atoms with Gasteiger partial charge in [-0.1, -0.05) is 24.5 Å². The first-order chi connectivity index (χ1) is 8.74. The smallest absolute Gasteiger partial charge is 0.248 e. The van der Waals surface area contributed by atoms with Gasteiger partial charge in [-0.05, 0) is 47.8 Å². The van der Waals surface area contributed by atoms with Gasteiger partial charge in [0, 0.05) is 10.4 Å². The molecule has 0 unspecified atom stereocenters. The van der Waals surface area contributed by atoms with Crippen molar-refractivity contribution in [1.29, 1.82) is 0 Å². The van der Waals surface area contributed by atoms with Crippen LogP contribution in [0.25, 0.3) is 11.5 Å². The minimum absolute atomic E-state index is 0.467. The average Bonchev–Trinajstić information content (AvgIpc) is 3.00. The van der Waals surface area contributed by atoms with Crippen LogP contribution in [0.3, 0.4) is 0 Å². The molecule has 1 aliphatic rings. The molecule has 18 heavy (non-hydrogen) atoms. The molecule has 0 radical (unpaired) electrons. The molecule has 1 aromatic heterocycles. The molecule has 4 heteroatoms. The van der Waals surface area contributed by atoms with Crippen LogP contribution in [0.5, 0.6) is 0 Å². The van der Waals surface area contributed by atoms with E-state index >= 15 is 0 Å². The molecule has 3 rings (SSSR count). The van der Waals surface area contributed by atoms with Gasteiger partial charge in [0.15, 0.2) is 0 Å². The van der Waals surface area contributed by atoms with Gasteiger partial charge < -0.3 is 4.42 Å². The van der Waals surface area contributed by atoms with Gasteiger partial charge in [-0.25, -0.2) is 0 Å². The minimum Gasteiger partial charge on any atom is -0.420 e. The van der Waals surface area contributed by atoms with E-state index in [-0.39, 0.29) is 0 Å². The van der Waals surface area contributed by atoms with Gasteiger partial charge in [0.1, 0.15) is 0 Å². The van der Waals surface area contributed by atoms with Crippen LogP contribution < -0.4 is 0 Å². The van der Waals surface area contributed by atoms with Gasteiger partial charge in [0.05, 0.1) is 5.56 Å². The zero-order chi connectivity index (χ0) is 12.5. The lowest BCUT2D eigenvalue weighted by Gasteiger charge is -2.02. The zero-order valence-corrected chi connectivity index (χ0v) is 11.9. The molecule has 0 spiro atoms. The van der Waals surface area contributed by atoms with Gasteiger partial charge in [0.2, 0.25) is 11.8 Å². The monoisotopic (exact) mass is 306 g/mol. The number of nitrogens with zero attached hydrogens (tertiary/aromatic N) is 2. The summed E-state index contributed by atoms with van der Waals surface area (Å²) in [6, 6.07) is 6.14. The van der Waals surface area contributed by atoms with E-state index in [4.69, 9.17) is 4.42 Å². The van der Waals surface area contributed by atoms with Crippen LogP contribution in [0.1, 0.15) is 43.1 Å². The third-order valence-electron chi connectivity index (χ3n) is 3.50. The Balaban J connectivity index is 1.94. The Bertz CT molecular complexity index is 559. The molecule has 0 aliphatic heterocycles. The van der Waals surface area contributed by atoms with E-state index in [1.54, 1.807) is 0 Å². The molecule has 0 bridgehead atoms. The Hall–Kier alpha value is -1.16. The molecule has 1 aromatic carbocycles. The molecule has 1 aliphatic carbocycles. The van der Waals surface area contributed by atoms with Crippen LogP contribution in [0.2, 0.25) is 0 Å². The maximum absolute atomic E-state index is 5.84. The zero-order valence-electron chi connectivity index (χ0n) is 10.3. The molecule has 3 nitrogen and oxygen atoms in total. The standard InChI is InChI=1S/C14H15BrN2O/c1-9-6-7-12(15)11(8-9)14-17-16-13(18-14)10-4-2-3-5-10/h6-8,10H,2-5H2,1H3. The van der Waals surface area contributed by atoms with Crippen LogP contribution in [0, 0.1) is 6.92 Å². The normalized spacial score (nSPS) is 16.3. The third-order valence-corrected chi connectivity index (χ3v) is 4.19. The molecule has 0 saturated heterocycles. The number of aromatic nitrogens is 2. The molecule has 2 aromatic rings. The predicted molar refractivity (Wildman–Crippen MR) is 73.4 cm³/mol. The van der Waals surface area contributed by atoms with E-state index in [9.17, 15) is 0 Å². The van der Waals surface area contributed by atoms with Crippen LogP contribution in [-0.2, 0) is 0 Å². The number of aryl methyl sites for hydroxylation is 1. The Morgan fingerprint density at radius 3 is 2.78 bits per heavy atom. The maximum Gasteiger partial charge on any atom is 0.248 e. The van der Waals surface area contributed by atoms with E-state index in [1.165, 1.54) is 31.2 Å². The summed E-state index contributed by atoms with van der Waals surface area (Å²) in [7, 11) is 0. The fourth-order valence-electron chi connectivity index (χ4n) is 2.48. The molecule has 1 fully saturated rings. The van der Waals surface area contributed by atoms with Gasteiger partial charge in [-0.3, -0.25) is 0 Å². The average molecular weight is 307 g/mol. The topological polar surface area (TPSA) is 38.9 Å². The number of halogens is 1. The summed E-state index contributed by atoms with van der Waals surface area (Å²) < 4.78 is 6.83. The fourth-order valence-corrected chi connectivity index (χ4v) is 2.90. The lowest BCUT2D eigenvalue weighted by Crippen LogP contribution is -1.91. The molecule has 0 atom stereocenters. The Kier molecular flexibility index (Phi) is 3.20. The van der Waals surface area contributed by atoms with E-state index in [0.29, 0.717) is 11.8 Å². The summed E-state index contributed by atoms with van der Waals surface area (Å²) in [6.07, 6.45) is 4.90. The first kappa shape index (κ1) is 11.9. The largest absolute Gasteiger partial charge is 0.420 e. The molecule has 1 saturated carbocycles. The Morgan fingerprint density at radius 1 is 1.22 bits per heavy atom. The first-order valence-electron chi connectivity index (χ1n) is 6.34. The van der Waals surface area contributed by atoms with Gasteiger partial charge in [0.25, 0.3) is 0 Å². The quantitative estimate of drug-likeness (QED) is 0.822. The van der Waals surface area contributed by atoms with E-state index < -0.39 is 0 Å². The summed E-state index contributed by atoms with van der Waals surface area (Å²) >= 11 is 3.53. The summed E-state index contributed by atoms with van der Waals surface area (Å²) in [5, 5.41) is 8.39. The number of hydrogen-bond acceptors (Lipinski definition) is 3. The fraction of sp³-hybridized carbons (Fsp3) is 0.429. The summed E-state index contributed by atoms with van der Waals surface area (Å²) in [4.78, 5) is 0. The van der Waals surface area contributed by atoms with Crippen LogP contribution in [-0.4, -0.2) is 10.2 Å². The SMILES string of the molecule is Cc1ccc(Br)c(-c2nnc(C3CCCC3)o2)c1. The van der Waals surface area contributed by atoms with Crippen molar-refractivity contribution in [3.05, 3.63) is 34.1 Å². The number of rotatable bonds is 2. The van der Waals surface area contributed by atoms with Crippen molar-refractivity contribution in [2.75, 3.05) is 0 Å². The van der Waals surface area contributed by atoms with Crippen molar-refractivity contribution in [2.24, 2.45) is 0 Å². The number of hydrogen-bond donors (Lipinski definition) is 0. The molecule has 0 N–H and O–H groups in total. The van der Waals surface area contributed by atoms with E-state index in [0.717, 1.165) is 15.9 Å². The molecule has 94 valence electrons. The maximum atomic E-state index is 5.84. The lowest BCUT2D eigenvalue weighted by atomic mass is 10.1. The number of benzene rings is 1. The van der Waals surface area contributed by atoms with Crippen LogP contribution >= 0.6 is 15.9 Å². The highest BCUT2D eigenvalue weighted by molar-refractivity contribution is 9.10. The second kappa shape index (κ2) is 4.84. The van der Waals surface area contributed by atoms with E-state index in [1.807, 2.05) is 6.07 Å². The summed E-state index contributed by atoms with van der Waals surface area (Å²) in [6.45, 7) is 2.06. The van der Waals surface area contributed by atoms with Crippen molar-refractivity contribution in [3.63, 3.8) is 0 Å². The van der Waals surface area contributed by atoms with Crippen LogP contribution in [0.4, 0.5) is 0 Å². The van der Waals surface area contributed by atoms with Crippen molar-refractivity contribution < 1.29 is 4.42 Å². The van der Waals surface area contributed by atoms with Crippen molar-refractivity contribution in [2.45, 2.75) is 38.5 Å². The Labute approximate surface area is 115 Å². The molecular weight excluding hydrogens is 292 g/mol. The lowest BCUT2D eigenvalue weighted by molar-refractivity contribution is 0.457. The highest BCUT2D eigenvalue weighted by Gasteiger charge is 2.23. The van der Waals surface area contributed by atoms with Crippen LogP contribution in [0.15, 0.2) is 27.1 Å². The molecular formula is C14H15BrN2O.